The SMILES string of the molecule is COc1ccc(CSCC(=O)Nc2ccc(C)c(Cl)c2)cc1F. The van der Waals surface area contributed by atoms with Crippen LogP contribution in [0.25, 0.3) is 0 Å². The van der Waals surface area contributed by atoms with Gasteiger partial charge in [-0.2, -0.15) is 0 Å². The molecule has 0 atom stereocenters. The van der Waals surface area contributed by atoms with Crippen LogP contribution in [0.15, 0.2) is 36.4 Å². The fourth-order valence-corrected chi connectivity index (χ4v) is 2.88. The first-order valence-electron chi connectivity index (χ1n) is 6.95. The molecule has 3 nitrogen and oxygen atoms in total. The predicted molar refractivity (Wildman–Crippen MR) is 93.9 cm³/mol. The topological polar surface area (TPSA) is 38.3 Å². The van der Waals surface area contributed by atoms with E-state index in [4.69, 9.17) is 16.3 Å². The highest BCUT2D eigenvalue weighted by Gasteiger charge is 2.07. The van der Waals surface area contributed by atoms with Crippen molar-refractivity contribution in [1.82, 2.24) is 0 Å². The van der Waals surface area contributed by atoms with Gasteiger partial charge in [0.1, 0.15) is 0 Å². The standard InChI is InChI=1S/C17H17ClFNO2S/c1-11-3-5-13(8-14(11)18)20-17(21)10-23-9-12-4-6-16(22-2)15(19)7-12/h3-8H,9-10H2,1-2H3,(H,20,21). The molecule has 0 unspecified atom stereocenters. The molecule has 0 heterocycles. The average Bonchev–Trinajstić information content (AvgIpc) is 2.51. The number of carbonyl (C=O) groups excluding carboxylic acids is 1. The summed E-state index contributed by atoms with van der Waals surface area (Å²) in [5.74, 6) is 0.517. The lowest BCUT2D eigenvalue weighted by atomic mass is 10.2. The molecule has 1 amide bonds. The molecule has 0 aliphatic heterocycles. The summed E-state index contributed by atoms with van der Waals surface area (Å²) >= 11 is 7.43. The summed E-state index contributed by atoms with van der Waals surface area (Å²) in [7, 11) is 1.43. The maximum absolute atomic E-state index is 13.6. The van der Waals surface area contributed by atoms with E-state index in [-0.39, 0.29) is 17.4 Å². The van der Waals surface area contributed by atoms with Crippen molar-refractivity contribution < 1.29 is 13.9 Å². The third-order valence-corrected chi connectivity index (χ3v) is 4.58. The maximum Gasteiger partial charge on any atom is 0.234 e. The minimum absolute atomic E-state index is 0.121. The van der Waals surface area contributed by atoms with Crippen LogP contribution < -0.4 is 10.1 Å². The van der Waals surface area contributed by atoms with Crippen molar-refractivity contribution in [3.05, 3.63) is 58.4 Å². The molecule has 2 aromatic carbocycles. The molecule has 2 aromatic rings. The van der Waals surface area contributed by atoms with Gasteiger partial charge < -0.3 is 10.1 Å². The van der Waals surface area contributed by atoms with E-state index in [0.717, 1.165) is 11.1 Å². The Morgan fingerprint density at radius 3 is 2.74 bits per heavy atom. The van der Waals surface area contributed by atoms with Crippen LogP contribution in [-0.2, 0) is 10.5 Å². The van der Waals surface area contributed by atoms with Crippen molar-refractivity contribution in [3.8, 4) is 5.75 Å². The highest BCUT2D eigenvalue weighted by atomic mass is 35.5. The number of benzene rings is 2. The van der Waals surface area contributed by atoms with E-state index in [1.807, 2.05) is 19.1 Å². The first-order chi connectivity index (χ1) is 11.0. The third kappa shape index (κ3) is 5.15. The molecular weight excluding hydrogens is 337 g/mol. The zero-order chi connectivity index (χ0) is 16.8. The second-order valence-electron chi connectivity index (χ2n) is 4.97. The van der Waals surface area contributed by atoms with Gasteiger partial charge in [-0.15, -0.1) is 11.8 Å². The normalized spacial score (nSPS) is 10.4. The molecule has 0 spiro atoms. The molecule has 6 heteroatoms. The van der Waals surface area contributed by atoms with Crippen molar-refractivity contribution in [1.29, 1.82) is 0 Å². The number of nitrogens with one attached hydrogen (secondary N) is 1. The number of halogens is 2. The molecule has 0 bridgehead atoms. The second-order valence-corrected chi connectivity index (χ2v) is 6.37. The predicted octanol–water partition coefficient (Wildman–Crippen LogP) is 4.67. The molecule has 0 aliphatic rings. The number of carbonyl (C=O) groups is 1. The van der Waals surface area contributed by atoms with Crippen molar-refractivity contribution in [3.63, 3.8) is 0 Å². The fourth-order valence-electron chi connectivity index (χ4n) is 1.93. The Morgan fingerprint density at radius 1 is 1.30 bits per heavy atom. The van der Waals surface area contributed by atoms with Crippen molar-refractivity contribution in [2.75, 3.05) is 18.2 Å². The number of rotatable bonds is 6. The highest BCUT2D eigenvalue weighted by Crippen LogP contribution is 2.22. The number of ether oxygens (including phenoxy) is 1. The van der Waals surface area contributed by atoms with Crippen LogP contribution in [0.3, 0.4) is 0 Å². The summed E-state index contributed by atoms with van der Waals surface area (Å²) in [6.07, 6.45) is 0. The monoisotopic (exact) mass is 353 g/mol. The quantitative estimate of drug-likeness (QED) is 0.820. The molecular formula is C17H17ClFNO2S. The number of methoxy groups -OCH3 is 1. The molecule has 0 radical (unpaired) electrons. The molecule has 0 fully saturated rings. The summed E-state index contributed by atoms with van der Waals surface area (Å²) in [5, 5.41) is 3.40. The molecule has 23 heavy (non-hydrogen) atoms. The number of hydrogen-bond donors (Lipinski definition) is 1. The van der Waals surface area contributed by atoms with Gasteiger partial charge in [0.25, 0.3) is 0 Å². The lowest BCUT2D eigenvalue weighted by Gasteiger charge is -2.07. The smallest absolute Gasteiger partial charge is 0.234 e. The molecule has 0 saturated heterocycles. The summed E-state index contributed by atoms with van der Waals surface area (Å²) in [5.41, 5.74) is 2.43. The van der Waals surface area contributed by atoms with E-state index in [1.54, 1.807) is 18.2 Å². The second kappa shape index (κ2) is 8.22. The van der Waals surface area contributed by atoms with Crippen LogP contribution >= 0.6 is 23.4 Å². The average molecular weight is 354 g/mol. The van der Waals surface area contributed by atoms with Crippen LogP contribution in [0, 0.1) is 12.7 Å². The molecule has 0 saturated carbocycles. The zero-order valence-corrected chi connectivity index (χ0v) is 14.4. The lowest BCUT2D eigenvalue weighted by Crippen LogP contribution is -2.14. The van der Waals surface area contributed by atoms with E-state index in [0.29, 0.717) is 16.5 Å². The Hall–Kier alpha value is -1.72. The van der Waals surface area contributed by atoms with E-state index in [2.05, 4.69) is 5.32 Å². The Morgan fingerprint density at radius 2 is 2.09 bits per heavy atom. The van der Waals surface area contributed by atoms with Gasteiger partial charge in [0.15, 0.2) is 11.6 Å². The van der Waals surface area contributed by atoms with Crippen molar-refractivity contribution in [2.45, 2.75) is 12.7 Å². The number of amides is 1. The van der Waals surface area contributed by atoms with Gasteiger partial charge in [-0.25, -0.2) is 4.39 Å². The summed E-state index contributed by atoms with van der Waals surface area (Å²) in [6.45, 7) is 1.90. The van der Waals surface area contributed by atoms with E-state index >= 15 is 0 Å². The van der Waals surface area contributed by atoms with Crippen molar-refractivity contribution >= 4 is 35.0 Å². The third-order valence-electron chi connectivity index (χ3n) is 3.17. The zero-order valence-electron chi connectivity index (χ0n) is 12.9. The van der Waals surface area contributed by atoms with E-state index < -0.39 is 5.82 Å². The van der Waals surface area contributed by atoms with Crippen LogP contribution in [0.1, 0.15) is 11.1 Å². The van der Waals surface area contributed by atoms with Crippen LogP contribution in [0.4, 0.5) is 10.1 Å². The number of anilines is 1. The first-order valence-corrected chi connectivity index (χ1v) is 8.49. The Balaban J connectivity index is 1.82. The molecule has 0 aromatic heterocycles. The van der Waals surface area contributed by atoms with Crippen molar-refractivity contribution in [2.24, 2.45) is 0 Å². The van der Waals surface area contributed by atoms with Gasteiger partial charge in [-0.3, -0.25) is 4.79 Å². The number of aryl methyl sites for hydroxylation is 1. The van der Waals surface area contributed by atoms with E-state index in [9.17, 15) is 9.18 Å². The minimum Gasteiger partial charge on any atom is -0.494 e. The maximum atomic E-state index is 13.6. The Bertz CT molecular complexity index is 709. The number of thioether (sulfide) groups is 1. The lowest BCUT2D eigenvalue weighted by molar-refractivity contribution is -0.113. The van der Waals surface area contributed by atoms with Gasteiger partial charge in [0.05, 0.1) is 12.9 Å². The van der Waals surface area contributed by atoms with Gasteiger partial charge in [-0.1, -0.05) is 23.7 Å². The molecule has 122 valence electrons. The highest BCUT2D eigenvalue weighted by molar-refractivity contribution is 7.99. The summed E-state index contributed by atoms with van der Waals surface area (Å²) < 4.78 is 18.4. The van der Waals surface area contributed by atoms with Crippen LogP contribution in [-0.4, -0.2) is 18.8 Å². The Kier molecular flexibility index (Phi) is 6.30. The van der Waals surface area contributed by atoms with Crippen LogP contribution in [0.2, 0.25) is 5.02 Å². The van der Waals surface area contributed by atoms with Gasteiger partial charge in [0, 0.05) is 16.5 Å². The fraction of sp³-hybridized carbons (Fsp3) is 0.235. The van der Waals surface area contributed by atoms with Gasteiger partial charge in [-0.05, 0) is 42.3 Å². The molecule has 0 aliphatic carbocycles. The van der Waals surface area contributed by atoms with E-state index in [1.165, 1.54) is 24.9 Å². The van der Waals surface area contributed by atoms with Gasteiger partial charge >= 0.3 is 0 Å². The first kappa shape index (κ1) is 17.6. The molecule has 1 N–H and O–H groups in total. The molecule has 2 rings (SSSR count). The van der Waals surface area contributed by atoms with Gasteiger partial charge in [0.2, 0.25) is 5.91 Å². The number of hydrogen-bond acceptors (Lipinski definition) is 3. The summed E-state index contributed by atoms with van der Waals surface area (Å²) in [6, 6.07) is 10.2. The summed E-state index contributed by atoms with van der Waals surface area (Å²) in [4.78, 5) is 11.9. The minimum atomic E-state index is -0.399. The van der Waals surface area contributed by atoms with Crippen LogP contribution in [0.5, 0.6) is 5.75 Å². The largest absolute Gasteiger partial charge is 0.494 e. The Labute approximate surface area is 144 Å².